The lowest BCUT2D eigenvalue weighted by Crippen LogP contribution is -2.65. The molecular weight excluding hydrogens is 376 g/mol. The Morgan fingerprint density at radius 3 is 2.07 bits per heavy atom. The van der Waals surface area contributed by atoms with Gasteiger partial charge in [-0.1, -0.05) is 13.8 Å². The van der Waals surface area contributed by atoms with Crippen LogP contribution in [0, 0.1) is 5.92 Å². The fourth-order valence-electron chi connectivity index (χ4n) is 4.37. The Morgan fingerprint density at radius 1 is 1.17 bits per heavy atom. The van der Waals surface area contributed by atoms with Gasteiger partial charge in [0.25, 0.3) is 0 Å². The topological polar surface area (TPSA) is 105 Å². The van der Waals surface area contributed by atoms with Crippen LogP contribution in [-0.4, -0.2) is 70.8 Å². The molecule has 0 aliphatic carbocycles. The Hall–Kier alpha value is -1.67. The predicted molar refractivity (Wildman–Crippen MR) is 109 cm³/mol. The van der Waals surface area contributed by atoms with Gasteiger partial charge in [0.15, 0.2) is 5.78 Å². The lowest BCUT2D eigenvalue weighted by Gasteiger charge is -2.46. The molecule has 0 aromatic carbocycles. The summed E-state index contributed by atoms with van der Waals surface area (Å²) in [5.41, 5.74) is -1.52. The Kier molecular flexibility index (Phi) is 8.65. The van der Waals surface area contributed by atoms with Crippen molar-refractivity contribution < 1.29 is 29.0 Å². The summed E-state index contributed by atoms with van der Waals surface area (Å²) in [5.74, 6) is -0.860. The Labute approximate surface area is 174 Å². The predicted octanol–water partition coefficient (Wildman–Crippen LogP) is 2.27. The standard InChI is InChI=1S/C21H38N2O6/c1-9-21(10-2,28-8)18(22-14(4)26)17-15(12-24)11-16(13(3)25)23(17)19(27)29-20(5,6)7/h15-18,24H,9-12H2,1-8H3,(H,22,26). The average molecular weight is 415 g/mol. The Morgan fingerprint density at radius 2 is 1.72 bits per heavy atom. The third-order valence-corrected chi connectivity index (χ3v) is 5.84. The van der Waals surface area contributed by atoms with Crippen LogP contribution in [0.2, 0.25) is 0 Å². The van der Waals surface area contributed by atoms with E-state index in [1.807, 2.05) is 13.8 Å². The number of rotatable bonds is 8. The van der Waals surface area contributed by atoms with Gasteiger partial charge in [0.1, 0.15) is 5.60 Å². The lowest BCUT2D eigenvalue weighted by atomic mass is 9.79. The van der Waals surface area contributed by atoms with Crippen LogP contribution in [0.1, 0.15) is 67.7 Å². The second-order valence-electron chi connectivity index (χ2n) is 8.84. The van der Waals surface area contributed by atoms with Gasteiger partial charge >= 0.3 is 6.09 Å². The molecule has 2 amide bonds. The van der Waals surface area contributed by atoms with Crippen LogP contribution in [0.3, 0.4) is 0 Å². The molecule has 1 saturated heterocycles. The lowest BCUT2D eigenvalue weighted by molar-refractivity contribution is -0.128. The summed E-state index contributed by atoms with van der Waals surface area (Å²) in [7, 11) is 1.57. The number of hydrogen-bond acceptors (Lipinski definition) is 6. The highest BCUT2D eigenvalue weighted by molar-refractivity contribution is 5.86. The summed E-state index contributed by atoms with van der Waals surface area (Å²) in [6.07, 6.45) is 0.823. The highest BCUT2D eigenvalue weighted by atomic mass is 16.6. The molecule has 4 atom stereocenters. The van der Waals surface area contributed by atoms with E-state index in [1.165, 1.54) is 18.7 Å². The second-order valence-corrected chi connectivity index (χ2v) is 8.84. The van der Waals surface area contributed by atoms with Crippen molar-refractivity contribution in [1.82, 2.24) is 10.2 Å². The van der Waals surface area contributed by atoms with Crippen LogP contribution in [0.4, 0.5) is 4.79 Å². The molecule has 29 heavy (non-hydrogen) atoms. The number of ether oxygens (including phenoxy) is 2. The molecule has 1 aliphatic heterocycles. The SMILES string of the molecule is CCC(CC)(OC)C(NC(C)=O)C1C(CO)CC(C(C)=O)N1C(=O)OC(C)(C)C. The fourth-order valence-corrected chi connectivity index (χ4v) is 4.37. The summed E-state index contributed by atoms with van der Waals surface area (Å²) in [5, 5.41) is 13.0. The van der Waals surface area contributed by atoms with E-state index in [1.54, 1.807) is 27.9 Å². The van der Waals surface area contributed by atoms with Crippen LogP contribution < -0.4 is 5.32 Å². The quantitative estimate of drug-likeness (QED) is 0.631. The van der Waals surface area contributed by atoms with Gasteiger partial charge in [0.05, 0.1) is 23.7 Å². The number of nitrogens with one attached hydrogen (secondary N) is 1. The van der Waals surface area contributed by atoms with E-state index in [4.69, 9.17) is 9.47 Å². The van der Waals surface area contributed by atoms with Crippen molar-refractivity contribution in [2.75, 3.05) is 13.7 Å². The van der Waals surface area contributed by atoms with Crippen molar-refractivity contribution in [3.05, 3.63) is 0 Å². The molecule has 1 rings (SSSR count). The molecule has 1 fully saturated rings. The third-order valence-electron chi connectivity index (χ3n) is 5.84. The van der Waals surface area contributed by atoms with Crippen molar-refractivity contribution in [1.29, 1.82) is 0 Å². The minimum absolute atomic E-state index is 0.186. The zero-order chi connectivity index (χ0) is 22.6. The molecule has 8 heteroatoms. The molecule has 168 valence electrons. The number of carbonyl (C=O) groups excluding carboxylic acids is 3. The van der Waals surface area contributed by atoms with Crippen LogP contribution in [-0.2, 0) is 19.1 Å². The molecule has 4 unspecified atom stereocenters. The first-order valence-electron chi connectivity index (χ1n) is 10.3. The van der Waals surface area contributed by atoms with Gasteiger partial charge in [0.2, 0.25) is 5.91 Å². The second kappa shape index (κ2) is 9.89. The molecular formula is C21H38N2O6. The molecule has 0 saturated carbocycles. The number of ketones is 1. The molecule has 0 aromatic heterocycles. The summed E-state index contributed by atoms with van der Waals surface area (Å²) in [4.78, 5) is 39.0. The summed E-state index contributed by atoms with van der Waals surface area (Å²) in [6, 6.07) is -1.99. The van der Waals surface area contributed by atoms with E-state index in [0.29, 0.717) is 19.3 Å². The van der Waals surface area contributed by atoms with Crippen molar-refractivity contribution in [2.45, 2.75) is 97.1 Å². The van der Waals surface area contributed by atoms with Gasteiger partial charge in [-0.05, 0) is 47.0 Å². The fraction of sp³-hybridized carbons (Fsp3) is 0.857. The highest BCUT2D eigenvalue weighted by Gasteiger charge is 2.55. The molecule has 2 N–H and O–H groups in total. The maximum absolute atomic E-state index is 13.1. The number of nitrogens with zero attached hydrogens (tertiary/aromatic N) is 1. The smallest absolute Gasteiger partial charge is 0.411 e. The highest BCUT2D eigenvalue weighted by Crippen LogP contribution is 2.39. The van der Waals surface area contributed by atoms with Crippen molar-refractivity contribution in [2.24, 2.45) is 5.92 Å². The zero-order valence-electron chi connectivity index (χ0n) is 19.1. The van der Waals surface area contributed by atoms with E-state index >= 15 is 0 Å². The summed E-state index contributed by atoms with van der Waals surface area (Å²) < 4.78 is 11.5. The van der Waals surface area contributed by atoms with Gasteiger partial charge < -0.3 is 19.9 Å². The number of hydrogen-bond donors (Lipinski definition) is 2. The molecule has 0 bridgehead atoms. The largest absolute Gasteiger partial charge is 0.444 e. The Balaban J connectivity index is 3.58. The number of aliphatic hydroxyl groups is 1. The summed E-state index contributed by atoms with van der Waals surface area (Å²) >= 11 is 0. The molecule has 0 aromatic rings. The monoisotopic (exact) mass is 414 g/mol. The maximum Gasteiger partial charge on any atom is 0.411 e. The molecule has 0 spiro atoms. The molecule has 1 aliphatic rings. The first-order chi connectivity index (χ1) is 13.4. The zero-order valence-corrected chi connectivity index (χ0v) is 19.1. The van der Waals surface area contributed by atoms with Crippen molar-refractivity contribution in [3.63, 3.8) is 0 Å². The first kappa shape index (κ1) is 25.4. The average Bonchev–Trinajstić information content (AvgIpc) is 3.00. The van der Waals surface area contributed by atoms with Crippen LogP contribution in [0.5, 0.6) is 0 Å². The van der Waals surface area contributed by atoms with Crippen LogP contribution >= 0.6 is 0 Å². The van der Waals surface area contributed by atoms with Gasteiger partial charge in [0, 0.05) is 26.6 Å². The molecule has 0 radical (unpaired) electrons. The van der Waals surface area contributed by atoms with Gasteiger partial charge in [-0.3, -0.25) is 14.5 Å². The maximum atomic E-state index is 13.1. The van der Waals surface area contributed by atoms with E-state index in [2.05, 4.69) is 5.32 Å². The molecule has 1 heterocycles. The first-order valence-corrected chi connectivity index (χ1v) is 10.3. The number of carbonyl (C=O) groups is 3. The van der Waals surface area contributed by atoms with E-state index in [0.717, 1.165) is 0 Å². The minimum atomic E-state index is -0.768. The van der Waals surface area contributed by atoms with E-state index in [9.17, 15) is 19.5 Å². The van der Waals surface area contributed by atoms with Gasteiger partial charge in [-0.2, -0.15) is 0 Å². The van der Waals surface area contributed by atoms with E-state index in [-0.39, 0.29) is 18.3 Å². The number of aliphatic hydroxyl groups excluding tert-OH is 1. The normalized spacial score (nSPS) is 23.6. The van der Waals surface area contributed by atoms with Crippen molar-refractivity contribution in [3.8, 4) is 0 Å². The number of Topliss-reactive ketones (excluding diaryl/α,β-unsaturated/α-hetero) is 1. The molecule has 8 nitrogen and oxygen atoms in total. The van der Waals surface area contributed by atoms with Gasteiger partial charge in [-0.15, -0.1) is 0 Å². The number of amides is 2. The number of likely N-dealkylation sites (tertiary alicyclic amines) is 1. The third kappa shape index (κ3) is 5.69. The van der Waals surface area contributed by atoms with E-state index < -0.39 is 41.3 Å². The van der Waals surface area contributed by atoms with Crippen molar-refractivity contribution >= 4 is 17.8 Å². The number of methoxy groups -OCH3 is 1. The summed E-state index contributed by atoms with van der Waals surface area (Å²) in [6.45, 7) is 11.8. The van der Waals surface area contributed by atoms with Gasteiger partial charge in [-0.25, -0.2) is 4.79 Å². The van der Waals surface area contributed by atoms with Crippen LogP contribution in [0.25, 0.3) is 0 Å². The Bertz CT molecular complexity index is 588. The minimum Gasteiger partial charge on any atom is -0.444 e. The van der Waals surface area contributed by atoms with Crippen LogP contribution in [0.15, 0.2) is 0 Å².